The number of para-hydroxylation sites is 2. The molecule has 2 aromatic heterocycles. The molecule has 0 amide bonds. The Kier molecular flexibility index (Phi) is 3.03. The molecule has 0 saturated carbocycles. The number of furan rings is 2. The zero-order valence-corrected chi connectivity index (χ0v) is 24.8. The molecule has 10 rings (SSSR count). The van der Waals surface area contributed by atoms with Gasteiger partial charge in [0.1, 0.15) is 22.3 Å². The molecule has 0 N–H and O–H groups in total. The molecule has 230 valence electrons. The van der Waals surface area contributed by atoms with Gasteiger partial charge in [0, 0.05) is 38.5 Å². The first-order chi connectivity index (χ1) is 33.5. The van der Waals surface area contributed by atoms with Crippen LogP contribution in [0.1, 0.15) is 30.2 Å². The van der Waals surface area contributed by atoms with Crippen LogP contribution in [-0.2, 0) is 0 Å². The van der Waals surface area contributed by atoms with Gasteiger partial charge in [-0.1, -0.05) is 127 Å². The summed E-state index contributed by atoms with van der Waals surface area (Å²) in [7, 11) is 0. The third kappa shape index (κ3) is 4.44. The molecule has 0 aliphatic carbocycles. The van der Waals surface area contributed by atoms with E-state index in [4.69, 9.17) is 25.3 Å². The van der Waals surface area contributed by atoms with E-state index in [0.717, 1.165) is 0 Å². The van der Waals surface area contributed by atoms with Gasteiger partial charge in [-0.25, -0.2) is 0 Å². The molecule has 8 aromatic carbocycles. The molecule has 0 unspecified atom stereocenters. The highest BCUT2D eigenvalue weighted by atomic mass is 16.3. The summed E-state index contributed by atoms with van der Waals surface area (Å²) in [6.07, 6.45) is 0. The van der Waals surface area contributed by atoms with Crippen LogP contribution in [0.5, 0.6) is 0 Å². The minimum absolute atomic E-state index is 0.0417. The molecule has 0 spiro atoms. The summed E-state index contributed by atoms with van der Waals surface area (Å²) < 4.78 is 211. The molecule has 0 bridgehead atoms. The predicted molar refractivity (Wildman–Crippen MR) is 204 cm³/mol. The van der Waals surface area contributed by atoms with Gasteiger partial charge in [0.2, 0.25) is 0 Å². The van der Waals surface area contributed by atoms with Crippen molar-refractivity contribution in [1.82, 2.24) is 0 Å². The first-order valence-electron chi connectivity index (χ1n) is 25.8. The van der Waals surface area contributed by atoms with Crippen LogP contribution in [0.2, 0.25) is 0 Å². The quantitative estimate of drug-likeness (QED) is 0.186. The Morgan fingerprint density at radius 2 is 1.20 bits per heavy atom. The van der Waals surface area contributed by atoms with E-state index in [1.807, 2.05) is 0 Å². The number of rotatable bonds is 5. The second kappa shape index (κ2) is 11.0. The largest absolute Gasteiger partial charge is 0.455 e. The second-order valence-corrected chi connectivity index (χ2v) is 10.8. The molecular formula is C46H29NO2. The summed E-state index contributed by atoms with van der Waals surface area (Å²) in [5.74, 6) is 0. The number of hydrogen-bond acceptors (Lipinski definition) is 3. The summed E-state index contributed by atoms with van der Waals surface area (Å²) >= 11 is 0. The molecule has 3 heteroatoms. The minimum atomic E-state index is -1.09. The Balaban J connectivity index is 1.44. The molecule has 0 atom stereocenters. The van der Waals surface area contributed by atoms with E-state index in [9.17, 15) is 13.7 Å². The van der Waals surface area contributed by atoms with Crippen molar-refractivity contribution in [2.45, 2.75) is 0 Å². The topological polar surface area (TPSA) is 29.5 Å². The van der Waals surface area contributed by atoms with Crippen LogP contribution >= 0.6 is 0 Å². The van der Waals surface area contributed by atoms with E-state index in [2.05, 4.69) is 0 Å². The third-order valence-electron chi connectivity index (χ3n) is 8.05. The molecule has 0 radical (unpaired) electrons. The van der Waals surface area contributed by atoms with E-state index in [1.165, 1.54) is 6.07 Å². The molecule has 0 fully saturated rings. The van der Waals surface area contributed by atoms with Gasteiger partial charge in [0.05, 0.1) is 41.2 Å². The number of hydrogen-bond donors (Lipinski definition) is 0. The van der Waals surface area contributed by atoms with E-state index >= 15 is 0 Å². The highest BCUT2D eigenvalue weighted by Crippen LogP contribution is 2.45. The SMILES string of the molecule is [2H]c1c([2H])c([2H])c(-c2c([2H])c([2H])c(N(c3c([2H])c([2H])c([2H])c(-c4cccc5c4oc4ccccc45)c3[2H])c3c([2H])c([2H])c([2H])c4oc5c6c([2H])c([2H])c([2H])c([2H])c6c([2H])c([2H])c5c34)c([2H])c2[2H])c([2H])c1[2H]. The summed E-state index contributed by atoms with van der Waals surface area (Å²) in [4.78, 5) is 0.640. The smallest absolute Gasteiger partial charge is 0.143 e. The Morgan fingerprint density at radius 3 is 2.12 bits per heavy atom. The maximum atomic E-state index is 9.98. The van der Waals surface area contributed by atoms with Crippen LogP contribution < -0.4 is 4.90 Å². The van der Waals surface area contributed by atoms with Crippen molar-refractivity contribution in [1.29, 1.82) is 0 Å². The average molecular weight is 650 g/mol. The van der Waals surface area contributed by atoms with E-state index in [0.29, 0.717) is 21.3 Å². The lowest BCUT2D eigenvalue weighted by molar-refractivity contribution is 0.670. The van der Waals surface area contributed by atoms with Crippen molar-refractivity contribution in [3.8, 4) is 22.3 Å². The van der Waals surface area contributed by atoms with Crippen LogP contribution in [0.3, 0.4) is 0 Å². The van der Waals surface area contributed by atoms with E-state index in [-0.39, 0.29) is 16.7 Å². The highest BCUT2D eigenvalue weighted by molar-refractivity contribution is 6.19. The standard InChI is InChI=1S/C46H29NO2/c1-2-11-30(12-3-1)31-23-26-34(27-24-31)47(41-20-10-22-43-44(41)40-28-25-32-13-4-5-16-36(32)46(40)49-43)35-15-8-14-33(29-35)37-18-9-19-39-38-17-6-7-21-42(38)48-45(37)39/h1-29H/i1D,2D,3D,4D,5D,8D,10D,11D,12D,13D,14D,15D,16D,20D,22D,23D,24D,25D,26D,27D,28D,29D. The van der Waals surface area contributed by atoms with Crippen LogP contribution in [0.15, 0.2) is 184 Å². The summed E-state index contributed by atoms with van der Waals surface area (Å²) in [6, 6.07) is -7.64. The Hall–Kier alpha value is -6.58. The fourth-order valence-corrected chi connectivity index (χ4v) is 5.90. The van der Waals surface area contributed by atoms with Crippen molar-refractivity contribution in [2.75, 3.05) is 4.90 Å². The number of nitrogens with zero attached hydrogens (tertiary/aromatic N) is 1. The molecule has 2 heterocycles. The fourth-order valence-electron chi connectivity index (χ4n) is 5.90. The van der Waals surface area contributed by atoms with Gasteiger partial charge in [0.15, 0.2) is 0 Å². The molecule has 0 aliphatic heterocycles. The Morgan fingerprint density at radius 1 is 0.449 bits per heavy atom. The number of anilines is 3. The van der Waals surface area contributed by atoms with Crippen LogP contribution in [-0.4, -0.2) is 0 Å². The lowest BCUT2D eigenvalue weighted by atomic mass is 10.0. The zero-order valence-electron chi connectivity index (χ0n) is 46.8. The van der Waals surface area contributed by atoms with Crippen molar-refractivity contribution < 1.29 is 39.0 Å². The number of fused-ring (bicyclic) bond motifs is 8. The van der Waals surface area contributed by atoms with Crippen molar-refractivity contribution in [3.05, 3.63) is 175 Å². The van der Waals surface area contributed by atoms with Gasteiger partial charge in [0.25, 0.3) is 0 Å². The first-order valence-corrected chi connectivity index (χ1v) is 14.8. The lowest BCUT2D eigenvalue weighted by Crippen LogP contribution is -2.10. The van der Waals surface area contributed by atoms with E-state index < -0.39 is 194 Å². The predicted octanol–water partition coefficient (Wildman–Crippen LogP) is 13.4. The van der Waals surface area contributed by atoms with Gasteiger partial charge in [-0.2, -0.15) is 0 Å². The highest BCUT2D eigenvalue weighted by Gasteiger charge is 2.21. The second-order valence-electron chi connectivity index (χ2n) is 10.8. The van der Waals surface area contributed by atoms with Crippen LogP contribution in [0.25, 0.3) is 76.9 Å². The van der Waals surface area contributed by atoms with Gasteiger partial charge in [-0.15, -0.1) is 0 Å². The fraction of sp³-hybridized carbons (Fsp3) is 0. The lowest BCUT2D eigenvalue weighted by Gasteiger charge is -2.27. The van der Waals surface area contributed by atoms with Crippen LogP contribution in [0, 0.1) is 0 Å². The zero-order chi connectivity index (χ0) is 51.5. The minimum Gasteiger partial charge on any atom is -0.455 e. The molecule has 0 saturated heterocycles. The van der Waals surface area contributed by atoms with Gasteiger partial charge in [-0.3, -0.25) is 0 Å². The molecule has 3 nitrogen and oxygen atoms in total. The summed E-state index contributed by atoms with van der Waals surface area (Å²) in [5.41, 5.74) is -5.05. The Bertz CT molecular complexity index is 4050. The normalized spacial score (nSPS) is 18.0. The molecule has 10 aromatic rings. The summed E-state index contributed by atoms with van der Waals surface area (Å²) in [6.45, 7) is 0. The molecule has 49 heavy (non-hydrogen) atoms. The van der Waals surface area contributed by atoms with Crippen molar-refractivity contribution >= 4 is 71.7 Å². The Labute approximate surface area is 313 Å². The first kappa shape index (κ1) is 13.5. The maximum absolute atomic E-state index is 9.98. The number of benzene rings is 8. The van der Waals surface area contributed by atoms with E-state index in [1.54, 1.807) is 36.4 Å². The van der Waals surface area contributed by atoms with Crippen molar-refractivity contribution in [2.24, 2.45) is 0 Å². The molecular weight excluding hydrogens is 599 g/mol. The van der Waals surface area contributed by atoms with Crippen molar-refractivity contribution in [3.63, 3.8) is 0 Å². The average Bonchev–Trinajstić information content (AvgIpc) is 3.94. The van der Waals surface area contributed by atoms with Crippen LogP contribution in [0.4, 0.5) is 17.1 Å². The van der Waals surface area contributed by atoms with Gasteiger partial charge < -0.3 is 13.7 Å². The monoisotopic (exact) mass is 649 g/mol. The third-order valence-corrected chi connectivity index (χ3v) is 8.05. The molecule has 0 aliphatic rings. The summed E-state index contributed by atoms with van der Waals surface area (Å²) in [5, 5.41) is -0.826. The maximum Gasteiger partial charge on any atom is 0.143 e. The van der Waals surface area contributed by atoms with Gasteiger partial charge >= 0.3 is 0 Å². The van der Waals surface area contributed by atoms with Gasteiger partial charge in [-0.05, 0) is 70.4 Å².